The van der Waals surface area contributed by atoms with Gasteiger partial charge >= 0.3 is 0 Å². The van der Waals surface area contributed by atoms with Crippen LogP contribution in [0.3, 0.4) is 0 Å². The van der Waals surface area contributed by atoms with Crippen LogP contribution in [0.15, 0.2) is 24.3 Å². The highest BCUT2D eigenvalue weighted by atomic mass is 16.7. The van der Waals surface area contributed by atoms with E-state index in [4.69, 9.17) is 29.8 Å². The maximum atomic E-state index is 12.5. The minimum absolute atomic E-state index is 0.221. The van der Waals surface area contributed by atoms with Crippen LogP contribution in [-0.2, 0) is 18.9 Å². The molecule has 0 radical (unpaired) electrons. The monoisotopic (exact) mass is 516 g/mol. The number of imide groups is 1. The summed E-state index contributed by atoms with van der Waals surface area (Å²) in [7, 11) is 2.66. The molecule has 202 valence electrons. The fourth-order valence-electron chi connectivity index (χ4n) is 4.33. The number of amides is 2. The number of nitrogens with two attached hydrogens (primary N) is 1. The van der Waals surface area contributed by atoms with Crippen LogP contribution in [0.25, 0.3) is 0 Å². The van der Waals surface area contributed by atoms with Crippen molar-refractivity contribution in [2.45, 2.75) is 61.3 Å². The number of carbonyl (C=O) groups is 2. The van der Waals surface area contributed by atoms with Gasteiger partial charge in [0, 0.05) is 14.2 Å². The minimum atomic E-state index is -1.51. The minimum Gasteiger partial charge on any atom is -0.394 e. The van der Waals surface area contributed by atoms with Gasteiger partial charge in [-0.1, -0.05) is 12.1 Å². The highest BCUT2D eigenvalue weighted by Gasteiger charge is 2.53. The number of aliphatic hydroxyl groups is 6. The molecular weight excluding hydrogens is 484 g/mol. The average Bonchev–Trinajstić information content (AvgIpc) is 3.14. The van der Waals surface area contributed by atoms with Gasteiger partial charge in [-0.05, 0) is 12.1 Å². The number of benzene rings is 1. The standard InChI is InChI=1S/C15H17NO7.C7H15NO5/c1-22-15-10(12(19)11(18)9(6-17)23-15)16-13(20)7-4-2-3-5-8(7)14(16)21;1-12-7-4(8)6(11)5(10)3(2-9)13-7/h2-5,9-12,15,17-19H,6H2,1H3;3-7,9-11H,2,8H2,1H3. The molecule has 1 aromatic rings. The van der Waals surface area contributed by atoms with Gasteiger partial charge in [0.1, 0.15) is 42.7 Å². The second-order valence-electron chi connectivity index (χ2n) is 8.48. The Labute approximate surface area is 206 Å². The molecule has 14 heteroatoms. The van der Waals surface area contributed by atoms with E-state index in [9.17, 15) is 35.1 Å². The first-order valence-electron chi connectivity index (χ1n) is 11.2. The molecule has 2 fully saturated rings. The Hall–Kier alpha value is -2.08. The first kappa shape index (κ1) is 28.5. The molecule has 3 aliphatic heterocycles. The van der Waals surface area contributed by atoms with Crippen molar-refractivity contribution in [3.05, 3.63) is 35.4 Å². The van der Waals surface area contributed by atoms with E-state index in [-0.39, 0.29) is 17.7 Å². The quantitative estimate of drug-likeness (QED) is 0.186. The molecule has 8 N–H and O–H groups in total. The fraction of sp³-hybridized carbons (Fsp3) is 0.636. The zero-order valence-electron chi connectivity index (χ0n) is 19.7. The number of fused-ring (bicyclic) bond motifs is 1. The number of hydrogen-bond donors (Lipinski definition) is 7. The molecule has 2 amide bonds. The molecule has 2 saturated heterocycles. The highest BCUT2D eigenvalue weighted by Crippen LogP contribution is 2.32. The lowest BCUT2D eigenvalue weighted by Gasteiger charge is -2.44. The van der Waals surface area contributed by atoms with Crippen molar-refractivity contribution in [2.75, 3.05) is 27.4 Å². The van der Waals surface area contributed by atoms with Crippen LogP contribution in [0.4, 0.5) is 0 Å². The largest absolute Gasteiger partial charge is 0.394 e. The number of carbonyl (C=O) groups excluding carboxylic acids is 2. The van der Waals surface area contributed by atoms with E-state index in [1.54, 1.807) is 12.1 Å². The Kier molecular flexibility index (Phi) is 9.48. The van der Waals surface area contributed by atoms with E-state index in [0.29, 0.717) is 0 Å². The van der Waals surface area contributed by atoms with Gasteiger partial charge in [0.05, 0.1) is 30.4 Å². The summed E-state index contributed by atoms with van der Waals surface area (Å²) >= 11 is 0. The van der Waals surface area contributed by atoms with Crippen molar-refractivity contribution >= 4 is 11.8 Å². The van der Waals surface area contributed by atoms with Gasteiger partial charge in [-0.3, -0.25) is 14.5 Å². The first-order chi connectivity index (χ1) is 17.1. The Balaban J connectivity index is 0.000000236. The number of aliphatic hydroxyl groups excluding tert-OH is 6. The summed E-state index contributed by atoms with van der Waals surface area (Å²) in [5.74, 6) is -1.18. The smallest absolute Gasteiger partial charge is 0.262 e. The van der Waals surface area contributed by atoms with Crippen molar-refractivity contribution in [3.8, 4) is 0 Å². The molecule has 0 saturated carbocycles. The van der Waals surface area contributed by atoms with Crippen molar-refractivity contribution in [3.63, 3.8) is 0 Å². The van der Waals surface area contributed by atoms with Crippen LogP contribution in [0.1, 0.15) is 20.7 Å². The Morgan fingerprint density at radius 1 is 0.806 bits per heavy atom. The van der Waals surface area contributed by atoms with Gasteiger partial charge in [-0.2, -0.15) is 0 Å². The third-order valence-electron chi connectivity index (χ3n) is 6.37. The van der Waals surface area contributed by atoms with Crippen LogP contribution in [0.5, 0.6) is 0 Å². The van der Waals surface area contributed by atoms with E-state index < -0.39 is 79.7 Å². The maximum Gasteiger partial charge on any atom is 0.262 e. The number of nitrogens with zero attached hydrogens (tertiary/aromatic N) is 1. The molecule has 3 aliphatic rings. The van der Waals surface area contributed by atoms with Gasteiger partial charge in [-0.15, -0.1) is 0 Å². The fourth-order valence-corrected chi connectivity index (χ4v) is 4.33. The summed E-state index contributed by atoms with van der Waals surface area (Å²) < 4.78 is 20.4. The molecule has 14 nitrogen and oxygen atoms in total. The normalized spacial score (nSPS) is 38.4. The van der Waals surface area contributed by atoms with Crippen LogP contribution >= 0.6 is 0 Å². The lowest BCUT2D eigenvalue weighted by atomic mass is 9.95. The molecule has 1 aromatic carbocycles. The van der Waals surface area contributed by atoms with E-state index in [1.807, 2.05) is 0 Å². The van der Waals surface area contributed by atoms with Crippen LogP contribution < -0.4 is 5.73 Å². The number of hydrogen-bond acceptors (Lipinski definition) is 13. The second-order valence-corrected chi connectivity index (χ2v) is 8.48. The summed E-state index contributed by atoms with van der Waals surface area (Å²) in [6, 6.07) is 4.27. The van der Waals surface area contributed by atoms with E-state index in [1.165, 1.54) is 26.4 Å². The molecule has 0 aliphatic carbocycles. The molecule has 0 bridgehead atoms. The second kappa shape index (κ2) is 12.0. The Morgan fingerprint density at radius 3 is 1.69 bits per heavy atom. The molecule has 3 heterocycles. The molecule has 10 unspecified atom stereocenters. The Bertz CT molecular complexity index is 862. The van der Waals surface area contributed by atoms with Crippen LogP contribution in [0.2, 0.25) is 0 Å². The summed E-state index contributed by atoms with van der Waals surface area (Å²) in [5.41, 5.74) is 5.94. The molecule has 36 heavy (non-hydrogen) atoms. The molecule has 0 spiro atoms. The lowest BCUT2D eigenvalue weighted by molar-refractivity contribution is -0.272. The summed E-state index contributed by atoms with van der Waals surface area (Å²) in [4.78, 5) is 25.9. The van der Waals surface area contributed by atoms with E-state index >= 15 is 0 Å². The van der Waals surface area contributed by atoms with E-state index in [2.05, 4.69) is 0 Å². The molecule has 0 aromatic heterocycles. The third-order valence-corrected chi connectivity index (χ3v) is 6.37. The van der Waals surface area contributed by atoms with E-state index in [0.717, 1.165) is 4.90 Å². The van der Waals surface area contributed by atoms with Crippen molar-refractivity contribution in [2.24, 2.45) is 5.73 Å². The predicted molar refractivity (Wildman–Crippen MR) is 118 cm³/mol. The highest BCUT2D eigenvalue weighted by molar-refractivity contribution is 6.21. The van der Waals surface area contributed by atoms with Gasteiger partial charge in [0.15, 0.2) is 12.6 Å². The van der Waals surface area contributed by atoms with Gasteiger partial charge in [0.25, 0.3) is 11.8 Å². The van der Waals surface area contributed by atoms with Crippen LogP contribution in [-0.4, -0.2) is 136 Å². The number of ether oxygens (including phenoxy) is 4. The van der Waals surface area contributed by atoms with Gasteiger partial charge < -0.3 is 55.3 Å². The molecule has 10 atom stereocenters. The summed E-state index contributed by atoms with van der Waals surface area (Å²) in [5, 5.41) is 57.1. The van der Waals surface area contributed by atoms with Crippen LogP contribution in [0, 0.1) is 0 Å². The number of methoxy groups -OCH3 is 2. The zero-order chi connectivity index (χ0) is 26.7. The average molecular weight is 517 g/mol. The molecular formula is C22H32N2O12. The lowest BCUT2D eigenvalue weighted by Crippen LogP contribution is -2.65. The summed E-state index contributed by atoms with van der Waals surface area (Å²) in [6.45, 7) is -0.919. The van der Waals surface area contributed by atoms with Gasteiger partial charge in [0.2, 0.25) is 0 Å². The SMILES string of the molecule is COC1OC(CO)C(O)C(O)C1N.COC1OC(CO)C(O)C(O)C1N1C(=O)c2ccccc2C1=O. The maximum absolute atomic E-state index is 12.5. The molecule has 4 rings (SSSR count). The van der Waals surface area contributed by atoms with Crippen molar-refractivity contribution in [1.29, 1.82) is 0 Å². The zero-order valence-corrected chi connectivity index (χ0v) is 19.7. The third kappa shape index (κ3) is 5.16. The number of rotatable bonds is 5. The Morgan fingerprint density at radius 2 is 1.25 bits per heavy atom. The van der Waals surface area contributed by atoms with Crippen molar-refractivity contribution < 1.29 is 59.2 Å². The summed E-state index contributed by atoms with van der Waals surface area (Å²) in [6.07, 6.45) is -9.15. The first-order valence-corrected chi connectivity index (χ1v) is 11.2. The van der Waals surface area contributed by atoms with Gasteiger partial charge in [-0.25, -0.2) is 0 Å². The topological polar surface area (TPSA) is 222 Å². The van der Waals surface area contributed by atoms with Crippen molar-refractivity contribution in [1.82, 2.24) is 4.90 Å². The predicted octanol–water partition coefficient (Wildman–Crippen LogP) is -3.86.